The summed E-state index contributed by atoms with van der Waals surface area (Å²) in [4.78, 5) is 13.3. The fourth-order valence-electron chi connectivity index (χ4n) is 2.20. The summed E-state index contributed by atoms with van der Waals surface area (Å²) in [5.41, 5.74) is 3.51. The maximum absolute atomic E-state index is 11.2. The van der Waals surface area contributed by atoms with Crippen molar-refractivity contribution in [3.05, 3.63) is 29.3 Å². The number of carboxylic acid groups (broad SMARTS) is 1. The number of carboxylic acids is 1. The second-order valence-electron chi connectivity index (χ2n) is 5.36. The Morgan fingerprint density at radius 1 is 1.33 bits per heavy atom. The number of nitrogens with zero attached hydrogens (tertiary/aromatic N) is 1. The van der Waals surface area contributed by atoms with Crippen molar-refractivity contribution >= 4 is 11.7 Å². The SMILES string of the molecule is Cc1ccc(N(C)CC(C(=O)O)C(C)C)c(C)c1. The van der Waals surface area contributed by atoms with Crippen LogP contribution in [-0.4, -0.2) is 24.7 Å². The summed E-state index contributed by atoms with van der Waals surface area (Å²) in [6.45, 7) is 8.56. The van der Waals surface area contributed by atoms with E-state index in [0.29, 0.717) is 6.54 Å². The zero-order valence-corrected chi connectivity index (χ0v) is 11.9. The number of hydrogen-bond donors (Lipinski definition) is 1. The average molecular weight is 249 g/mol. The molecule has 0 bridgehead atoms. The second-order valence-corrected chi connectivity index (χ2v) is 5.36. The van der Waals surface area contributed by atoms with Gasteiger partial charge < -0.3 is 10.0 Å². The van der Waals surface area contributed by atoms with Crippen molar-refractivity contribution in [1.82, 2.24) is 0 Å². The molecular weight excluding hydrogens is 226 g/mol. The van der Waals surface area contributed by atoms with E-state index in [1.807, 2.05) is 25.8 Å². The minimum atomic E-state index is -0.721. The van der Waals surface area contributed by atoms with Gasteiger partial charge in [-0.05, 0) is 31.4 Å². The molecule has 1 atom stereocenters. The van der Waals surface area contributed by atoms with E-state index < -0.39 is 5.97 Å². The van der Waals surface area contributed by atoms with Crippen molar-refractivity contribution in [1.29, 1.82) is 0 Å². The van der Waals surface area contributed by atoms with Gasteiger partial charge in [-0.3, -0.25) is 4.79 Å². The maximum atomic E-state index is 11.2. The third-order valence-corrected chi connectivity index (χ3v) is 3.36. The molecule has 0 amide bonds. The first-order valence-corrected chi connectivity index (χ1v) is 6.34. The zero-order chi connectivity index (χ0) is 13.9. The summed E-state index contributed by atoms with van der Waals surface area (Å²) in [7, 11) is 1.95. The van der Waals surface area contributed by atoms with Crippen LogP contribution in [0.25, 0.3) is 0 Å². The molecule has 3 heteroatoms. The lowest BCUT2D eigenvalue weighted by molar-refractivity contribution is -0.142. The molecule has 1 N–H and O–H groups in total. The van der Waals surface area contributed by atoms with Crippen LogP contribution in [0.5, 0.6) is 0 Å². The highest BCUT2D eigenvalue weighted by molar-refractivity contribution is 5.71. The third-order valence-electron chi connectivity index (χ3n) is 3.36. The Labute approximate surface area is 109 Å². The summed E-state index contributed by atoms with van der Waals surface area (Å²) in [6.07, 6.45) is 0. The van der Waals surface area contributed by atoms with Gasteiger partial charge in [0.15, 0.2) is 0 Å². The van der Waals surface area contributed by atoms with Gasteiger partial charge in [0.25, 0.3) is 0 Å². The number of rotatable bonds is 5. The van der Waals surface area contributed by atoms with Crippen LogP contribution in [0.4, 0.5) is 5.69 Å². The molecule has 18 heavy (non-hydrogen) atoms. The van der Waals surface area contributed by atoms with Crippen LogP contribution in [0.15, 0.2) is 18.2 Å². The molecule has 1 unspecified atom stereocenters. The topological polar surface area (TPSA) is 40.5 Å². The van der Waals surface area contributed by atoms with Crippen molar-refractivity contribution in [3.63, 3.8) is 0 Å². The molecule has 0 aromatic heterocycles. The largest absolute Gasteiger partial charge is 0.481 e. The van der Waals surface area contributed by atoms with Crippen LogP contribution >= 0.6 is 0 Å². The highest BCUT2D eigenvalue weighted by Crippen LogP contribution is 2.22. The predicted molar refractivity (Wildman–Crippen MR) is 75.1 cm³/mol. The van der Waals surface area contributed by atoms with E-state index >= 15 is 0 Å². The predicted octanol–water partition coefficient (Wildman–Crippen LogP) is 3.10. The van der Waals surface area contributed by atoms with E-state index in [0.717, 1.165) is 5.69 Å². The summed E-state index contributed by atoms with van der Waals surface area (Å²) >= 11 is 0. The zero-order valence-electron chi connectivity index (χ0n) is 11.9. The molecule has 0 radical (unpaired) electrons. The lowest BCUT2D eigenvalue weighted by Gasteiger charge is -2.27. The molecule has 100 valence electrons. The first kappa shape index (κ1) is 14.6. The maximum Gasteiger partial charge on any atom is 0.308 e. The summed E-state index contributed by atoms with van der Waals surface area (Å²) < 4.78 is 0. The fraction of sp³-hybridized carbons (Fsp3) is 0.533. The van der Waals surface area contributed by atoms with Crippen molar-refractivity contribution in [3.8, 4) is 0 Å². The van der Waals surface area contributed by atoms with E-state index in [4.69, 9.17) is 0 Å². The van der Waals surface area contributed by atoms with Gasteiger partial charge in [-0.1, -0.05) is 31.5 Å². The van der Waals surface area contributed by atoms with E-state index in [1.165, 1.54) is 11.1 Å². The number of carbonyl (C=O) groups is 1. The Balaban J connectivity index is 2.87. The van der Waals surface area contributed by atoms with Crippen molar-refractivity contribution in [2.75, 3.05) is 18.5 Å². The molecule has 1 aromatic rings. The monoisotopic (exact) mass is 249 g/mol. The summed E-state index contributed by atoms with van der Waals surface area (Å²) in [5.74, 6) is -0.923. The normalized spacial score (nSPS) is 12.6. The Kier molecular flexibility index (Phi) is 4.76. The fourth-order valence-corrected chi connectivity index (χ4v) is 2.20. The highest BCUT2D eigenvalue weighted by Gasteiger charge is 2.23. The second kappa shape index (κ2) is 5.89. The number of hydrogen-bond acceptors (Lipinski definition) is 2. The summed E-state index contributed by atoms with van der Waals surface area (Å²) in [6, 6.07) is 6.24. The molecule has 1 aromatic carbocycles. The molecule has 0 aliphatic heterocycles. The van der Waals surface area contributed by atoms with Crippen LogP contribution in [0.1, 0.15) is 25.0 Å². The number of aryl methyl sites for hydroxylation is 2. The minimum absolute atomic E-state index is 0.135. The van der Waals surface area contributed by atoms with Crippen LogP contribution in [0.2, 0.25) is 0 Å². The van der Waals surface area contributed by atoms with E-state index in [1.54, 1.807) is 0 Å². The molecule has 3 nitrogen and oxygen atoms in total. The first-order valence-electron chi connectivity index (χ1n) is 6.34. The Bertz CT molecular complexity index is 427. The smallest absolute Gasteiger partial charge is 0.308 e. The van der Waals surface area contributed by atoms with Gasteiger partial charge in [0, 0.05) is 19.3 Å². The Morgan fingerprint density at radius 3 is 2.39 bits per heavy atom. The van der Waals surface area contributed by atoms with Gasteiger partial charge in [0.1, 0.15) is 0 Å². The molecule has 0 spiro atoms. The first-order chi connectivity index (χ1) is 8.32. The van der Waals surface area contributed by atoms with Crippen LogP contribution in [0, 0.1) is 25.7 Å². The van der Waals surface area contributed by atoms with Crippen LogP contribution < -0.4 is 4.90 Å². The lowest BCUT2D eigenvalue weighted by atomic mass is 9.95. The molecular formula is C15H23NO2. The third kappa shape index (κ3) is 3.49. The molecule has 0 saturated carbocycles. The number of anilines is 1. The number of benzene rings is 1. The molecule has 0 fully saturated rings. The van der Waals surface area contributed by atoms with E-state index in [-0.39, 0.29) is 11.8 Å². The highest BCUT2D eigenvalue weighted by atomic mass is 16.4. The van der Waals surface area contributed by atoms with E-state index in [2.05, 4.69) is 32.0 Å². The standard InChI is InChI=1S/C15H23NO2/c1-10(2)13(15(17)18)9-16(5)14-7-6-11(3)8-12(14)4/h6-8,10,13H,9H2,1-5H3,(H,17,18). The molecule has 0 aliphatic rings. The van der Waals surface area contributed by atoms with Gasteiger partial charge in [0.05, 0.1) is 5.92 Å². The van der Waals surface area contributed by atoms with Crippen molar-refractivity contribution in [2.24, 2.45) is 11.8 Å². The molecule has 0 saturated heterocycles. The van der Waals surface area contributed by atoms with Crippen molar-refractivity contribution in [2.45, 2.75) is 27.7 Å². The van der Waals surface area contributed by atoms with Gasteiger partial charge in [-0.25, -0.2) is 0 Å². The average Bonchev–Trinajstić information content (AvgIpc) is 2.24. The van der Waals surface area contributed by atoms with Crippen LogP contribution in [-0.2, 0) is 4.79 Å². The van der Waals surface area contributed by atoms with Gasteiger partial charge in [-0.2, -0.15) is 0 Å². The quantitative estimate of drug-likeness (QED) is 0.871. The van der Waals surface area contributed by atoms with Crippen molar-refractivity contribution < 1.29 is 9.90 Å². The molecule has 0 aliphatic carbocycles. The minimum Gasteiger partial charge on any atom is -0.481 e. The molecule has 1 rings (SSSR count). The van der Waals surface area contributed by atoms with Gasteiger partial charge in [-0.15, -0.1) is 0 Å². The Morgan fingerprint density at radius 2 is 1.94 bits per heavy atom. The lowest BCUT2D eigenvalue weighted by Crippen LogP contribution is -2.33. The van der Waals surface area contributed by atoms with E-state index in [9.17, 15) is 9.90 Å². The Hall–Kier alpha value is -1.51. The number of aliphatic carboxylic acids is 1. The van der Waals surface area contributed by atoms with Gasteiger partial charge in [0.2, 0.25) is 0 Å². The molecule has 0 heterocycles. The van der Waals surface area contributed by atoms with Gasteiger partial charge >= 0.3 is 5.97 Å². The van der Waals surface area contributed by atoms with Crippen LogP contribution in [0.3, 0.4) is 0 Å². The summed E-state index contributed by atoms with van der Waals surface area (Å²) in [5, 5.41) is 9.23.